The number of carbonyl (C=O) groups excluding carboxylic acids is 1. The predicted molar refractivity (Wildman–Crippen MR) is 87.8 cm³/mol. The fourth-order valence-electron chi connectivity index (χ4n) is 4.32. The lowest BCUT2D eigenvalue weighted by molar-refractivity contribution is -0.148. The van der Waals surface area contributed by atoms with E-state index in [1.165, 1.54) is 6.07 Å². The second-order valence-corrected chi connectivity index (χ2v) is 7.50. The smallest absolute Gasteiger partial charge is 0.243 e. The van der Waals surface area contributed by atoms with Gasteiger partial charge in [-0.25, -0.2) is 4.39 Å². The van der Waals surface area contributed by atoms with Gasteiger partial charge in [0.2, 0.25) is 5.91 Å². The van der Waals surface area contributed by atoms with Gasteiger partial charge in [0, 0.05) is 29.7 Å². The van der Waals surface area contributed by atoms with E-state index in [0.717, 1.165) is 51.6 Å². The van der Waals surface area contributed by atoms with Gasteiger partial charge in [0.1, 0.15) is 11.4 Å². The number of likely N-dealkylation sites (tertiary alicyclic amines) is 2. The second kappa shape index (κ2) is 5.75. The van der Waals surface area contributed by atoms with Crippen LogP contribution in [0.5, 0.6) is 0 Å². The molecule has 1 atom stereocenters. The number of piperidine rings is 1. The molecule has 2 heterocycles. The van der Waals surface area contributed by atoms with Gasteiger partial charge in [-0.05, 0) is 57.2 Å². The predicted octanol–water partition coefficient (Wildman–Crippen LogP) is 3.60. The number of nitrogens with zero attached hydrogens (tertiary/aromatic N) is 2. The lowest BCUT2D eigenvalue weighted by Gasteiger charge is -2.45. The Kier molecular flexibility index (Phi) is 3.85. The van der Waals surface area contributed by atoms with Gasteiger partial charge in [0.05, 0.1) is 0 Å². The van der Waals surface area contributed by atoms with E-state index < -0.39 is 5.54 Å². The summed E-state index contributed by atoms with van der Waals surface area (Å²) in [7, 11) is 0. The fraction of sp³-hybridized carbons (Fsp3) is 0.611. The maximum atomic E-state index is 14.2. The summed E-state index contributed by atoms with van der Waals surface area (Å²) in [6.07, 6.45) is 6.10. The molecule has 2 saturated heterocycles. The van der Waals surface area contributed by atoms with Crippen LogP contribution in [0.2, 0.25) is 5.02 Å². The molecule has 0 radical (unpaired) electrons. The van der Waals surface area contributed by atoms with Gasteiger partial charge in [-0.15, -0.1) is 0 Å². The molecule has 124 valence electrons. The molecule has 3 nitrogen and oxygen atoms in total. The minimum absolute atomic E-state index is 0.274. The van der Waals surface area contributed by atoms with Crippen LogP contribution in [-0.4, -0.2) is 40.4 Å². The first kappa shape index (κ1) is 15.4. The van der Waals surface area contributed by atoms with Crippen LogP contribution < -0.4 is 0 Å². The maximum Gasteiger partial charge on any atom is 0.243 e. The minimum Gasteiger partial charge on any atom is -0.338 e. The van der Waals surface area contributed by atoms with E-state index in [-0.39, 0.29) is 11.7 Å². The van der Waals surface area contributed by atoms with Crippen molar-refractivity contribution in [3.8, 4) is 0 Å². The monoisotopic (exact) mass is 336 g/mol. The average Bonchev–Trinajstić information content (AvgIpc) is 3.29. The zero-order chi connectivity index (χ0) is 16.0. The van der Waals surface area contributed by atoms with E-state index >= 15 is 0 Å². The SMILES string of the molecule is O=C1N(C2CC2)CCCC12CCCN2Cc1c(F)cccc1Cl. The van der Waals surface area contributed by atoms with Crippen molar-refractivity contribution in [3.05, 3.63) is 34.6 Å². The molecule has 4 rings (SSSR count). The molecule has 1 aromatic rings. The van der Waals surface area contributed by atoms with Crippen LogP contribution in [0.3, 0.4) is 0 Å². The summed E-state index contributed by atoms with van der Waals surface area (Å²) in [5.74, 6) is -0.00179. The Hall–Kier alpha value is -1.13. The van der Waals surface area contributed by atoms with Gasteiger partial charge in [0.25, 0.3) is 0 Å². The molecule has 1 amide bonds. The third kappa shape index (κ3) is 2.56. The molecule has 1 aromatic carbocycles. The van der Waals surface area contributed by atoms with Crippen molar-refractivity contribution in [2.24, 2.45) is 0 Å². The van der Waals surface area contributed by atoms with E-state index in [0.29, 0.717) is 23.2 Å². The van der Waals surface area contributed by atoms with Crippen LogP contribution in [-0.2, 0) is 11.3 Å². The molecule has 0 bridgehead atoms. The van der Waals surface area contributed by atoms with Crippen molar-refractivity contribution in [2.75, 3.05) is 13.1 Å². The Morgan fingerprint density at radius 1 is 1.22 bits per heavy atom. The molecular weight excluding hydrogens is 315 g/mol. The maximum absolute atomic E-state index is 14.2. The number of carbonyl (C=O) groups is 1. The highest BCUT2D eigenvalue weighted by molar-refractivity contribution is 6.31. The third-order valence-corrected chi connectivity index (χ3v) is 6.02. The normalized spacial score (nSPS) is 28.8. The van der Waals surface area contributed by atoms with Crippen LogP contribution in [0.25, 0.3) is 0 Å². The first-order chi connectivity index (χ1) is 11.1. The van der Waals surface area contributed by atoms with Gasteiger partial charge < -0.3 is 4.90 Å². The van der Waals surface area contributed by atoms with Crippen molar-refractivity contribution in [1.29, 1.82) is 0 Å². The average molecular weight is 337 g/mol. The molecule has 1 spiro atoms. The number of halogens is 2. The van der Waals surface area contributed by atoms with E-state index in [4.69, 9.17) is 11.6 Å². The van der Waals surface area contributed by atoms with Crippen molar-refractivity contribution in [3.63, 3.8) is 0 Å². The van der Waals surface area contributed by atoms with E-state index in [1.807, 2.05) is 0 Å². The lowest BCUT2D eigenvalue weighted by Crippen LogP contribution is -2.60. The molecule has 1 aliphatic carbocycles. The number of benzene rings is 1. The summed E-state index contributed by atoms with van der Waals surface area (Å²) in [5, 5.41) is 0.453. The molecule has 3 fully saturated rings. The van der Waals surface area contributed by atoms with E-state index in [1.54, 1.807) is 12.1 Å². The fourth-order valence-corrected chi connectivity index (χ4v) is 4.54. The largest absolute Gasteiger partial charge is 0.338 e. The summed E-state index contributed by atoms with van der Waals surface area (Å²) >= 11 is 6.20. The van der Waals surface area contributed by atoms with Gasteiger partial charge >= 0.3 is 0 Å². The zero-order valence-electron chi connectivity index (χ0n) is 13.2. The molecular formula is C18H22ClFN2O. The van der Waals surface area contributed by atoms with Gasteiger partial charge in [-0.2, -0.15) is 0 Å². The highest BCUT2D eigenvalue weighted by atomic mass is 35.5. The van der Waals surface area contributed by atoms with Crippen molar-refractivity contribution in [1.82, 2.24) is 9.80 Å². The highest BCUT2D eigenvalue weighted by Gasteiger charge is 2.53. The molecule has 1 unspecified atom stereocenters. The molecule has 0 N–H and O–H groups in total. The van der Waals surface area contributed by atoms with Crippen molar-refractivity contribution < 1.29 is 9.18 Å². The summed E-state index contributed by atoms with van der Waals surface area (Å²) in [5.41, 5.74) is 0.0960. The van der Waals surface area contributed by atoms with Crippen molar-refractivity contribution >= 4 is 17.5 Å². The van der Waals surface area contributed by atoms with Crippen LogP contribution in [0.4, 0.5) is 4.39 Å². The summed E-state index contributed by atoms with van der Waals surface area (Å²) < 4.78 is 14.2. The quantitative estimate of drug-likeness (QED) is 0.842. The molecule has 0 aromatic heterocycles. The molecule has 1 saturated carbocycles. The van der Waals surface area contributed by atoms with Crippen LogP contribution in [0.15, 0.2) is 18.2 Å². The minimum atomic E-state index is -0.424. The highest BCUT2D eigenvalue weighted by Crippen LogP contribution is 2.42. The summed E-state index contributed by atoms with van der Waals surface area (Å²) in [6, 6.07) is 5.26. The first-order valence-electron chi connectivity index (χ1n) is 8.61. The van der Waals surface area contributed by atoms with Crippen LogP contribution in [0.1, 0.15) is 44.1 Å². The Morgan fingerprint density at radius 2 is 1.96 bits per heavy atom. The van der Waals surface area contributed by atoms with Gasteiger partial charge in [-0.3, -0.25) is 9.69 Å². The van der Waals surface area contributed by atoms with E-state index in [9.17, 15) is 9.18 Å². The topological polar surface area (TPSA) is 23.6 Å². The second-order valence-electron chi connectivity index (χ2n) is 7.09. The summed E-state index contributed by atoms with van der Waals surface area (Å²) in [6.45, 7) is 2.16. The molecule has 3 aliphatic rings. The standard InChI is InChI=1S/C18H22ClFN2O/c19-15-4-1-5-16(20)14(15)12-21-10-2-8-18(21)9-3-11-22(17(18)23)13-6-7-13/h1,4-5,13H,2-3,6-12H2. The molecule has 2 aliphatic heterocycles. The Bertz CT molecular complexity index is 613. The van der Waals surface area contributed by atoms with Crippen molar-refractivity contribution in [2.45, 2.75) is 56.7 Å². The Morgan fingerprint density at radius 3 is 2.65 bits per heavy atom. The van der Waals surface area contributed by atoms with Gasteiger partial charge in [-0.1, -0.05) is 17.7 Å². The molecule has 5 heteroatoms. The first-order valence-corrected chi connectivity index (χ1v) is 8.99. The Labute approximate surface area is 141 Å². The number of hydrogen-bond acceptors (Lipinski definition) is 2. The summed E-state index contributed by atoms with van der Waals surface area (Å²) in [4.78, 5) is 17.4. The third-order valence-electron chi connectivity index (χ3n) is 5.67. The molecule has 23 heavy (non-hydrogen) atoms. The number of hydrogen-bond donors (Lipinski definition) is 0. The Balaban J connectivity index is 1.62. The van der Waals surface area contributed by atoms with E-state index in [2.05, 4.69) is 9.80 Å². The zero-order valence-corrected chi connectivity index (χ0v) is 14.0. The number of rotatable bonds is 3. The van der Waals surface area contributed by atoms with Gasteiger partial charge in [0.15, 0.2) is 0 Å². The van der Waals surface area contributed by atoms with Crippen LogP contribution in [0, 0.1) is 5.82 Å². The van der Waals surface area contributed by atoms with Crippen LogP contribution >= 0.6 is 11.6 Å². The lowest BCUT2D eigenvalue weighted by atomic mass is 9.85. The number of amides is 1.